The molecule has 0 unspecified atom stereocenters. The number of hydrogen-bond acceptors (Lipinski definition) is 9. The molecule has 0 saturated carbocycles. The molecule has 296 valence electrons. The summed E-state index contributed by atoms with van der Waals surface area (Å²) in [7, 11) is 3.20. The maximum Gasteiger partial charge on any atom is 0.407 e. The van der Waals surface area contributed by atoms with Crippen LogP contribution in [0.4, 0.5) is 4.79 Å². The molecule has 0 aliphatic heterocycles. The van der Waals surface area contributed by atoms with Crippen molar-refractivity contribution in [2.75, 3.05) is 38.6 Å². The molecule has 0 heterocycles. The quantitative estimate of drug-likeness (QED) is 0.0125. The summed E-state index contributed by atoms with van der Waals surface area (Å²) < 4.78 is 4.61. The number of amides is 3. The smallest absolute Gasteiger partial charge is 0.407 e. The molecule has 3 amide bonds. The van der Waals surface area contributed by atoms with Crippen LogP contribution in [0.3, 0.4) is 0 Å². The van der Waals surface area contributed by atoms with Crippen molar-refractivity contribution in [1.29, 1.82) is 0 Å². The largest absolute Gasteiger partial charge is 0.441 e. The van der Waals surface area contributed by atoms with Crippen LogP contribution >= 0.6 is 21.6 Å². The molecular weight excluding hydrogens is 709 g/mol. The molecule has 0 radical (unpaired) electrons. The van der Waals surface area contributed by atoms with E-state index in [0.717, 1.165) is 38.5 Å². The fraction of sp³-hybridized carbons (Fsp3) is 0.512. The van der Waals surface area contributed by atoms with Gasteiger partial charge in [0.05, 0.1) is 13.2 Å². The van der Waals surface area contributed by atoms with Gasteiger partial charge in [-0.2, -0.15) is 0 Å². The molecule has 0 spiro atoms. The molecule has 0 aromatic heterocycles. The van der Waals surface area contributed by atoms with Crippen LogP contribution in [0.5, 0.6) is 0 Å². The Morgan fingerprint density at radius 2 is 1.34 bits per heavy atom. The normalized spacial score (nSPS) is 13.5. The lowest BCUT2D eigenvalue weighted by Crippen LogP contribution is -2.46. The van der Waals surface area contributed by atoms with Crippen LogP contribution in [-0.4, -0.2) is 84.3 Å². The topological polar surface area (TPSA) is 149 Å². The fourth-order valence-corrected chi connectivity index (χ4v) is 6.91. The van der Waals surface area contributed by atoms with Gasteiger partial charge in [0.25, 0.3) is 0 Å². The van der Waals surface area contributed by atoms with E-state index in [1.165, 1.54) is 6.20 Å². The summed E-state index contributed by atoms with van der Waals surface area (Å²) in [5.41, 5.74) is 0.487. The third-order valence-corrected chi connectivity index (χ3v) is 10.9. The molecule has 1 atom stereocenters. The average Bonchev–Trinajstić information content (AvgIpc) is 3.14. The molecule has 0 bridgehead atoms. The van der Waals surface area contributed by atoms with Crippen molar-refractivity contribution >= 4 is 46.2 Å². The Hall–Kier alpha value is -3.58. The Balaban J connectivity index is 4.50. The predicted molar refractivity (Wildman–Crippen MR) is 226 cm³/mol. The lowest BCUT2D eigenvalue weighted by Gasteiger charge is -2.33. The maximum absolute atomic E-state index is 12.6. The third-order valence-electron chi connectivity index (χ3n) is 7.48. The second-order valence-corrected chi connectivity index (χ2v) is 15.4. The first kappa shape index (κ1) is 49.4. The third kappa shape index (κ3) is 29.6. The molecule has 0 aliphatic carbocycles. The zero-order chi connectivity index (χ0) is 39.4. The summed E-state index contributed by atoms with van der Waals surface area (Å²) in [6.45, 7) is 11.2. The van der Waals surface area contributed by atoms with E-state index in [1.807, 2.05) is 19.9 Å². The standard InChI is InChI=1S/C41H64N4O6S2/c1-6-7-8-9-10-11-12-13-14-15-16-17-18-19-20-21-22-23-24-27-38(48)43-29-30-52-53-41(3,4)36(32-45-40(50)51-37(33-46)34-47)31-44-39(49)35(2)26-25-28-42-5/h7-8,10-11,13-14,16-17,19-20,22-23,25-26,28,36-37,46-47H,5-6,9,12,15,18,21,24,27,29-34H2,1-4H3,(H,43,48)(H,44,49)(H,45,50)/b8-7-,11-10-,14-13-,17-16-,20-19-,23-22-,28-25-,35-26+/t36-/m1/s1. The van der Waals surface area contributed by atoms with E-state index >= 15 is 0 Å². The molecule has 0 aliphatic rings. The van der Waals surface area contributed by atoms with Gasteiger partial charge >= 0.3 is 6.09 Å². The van der Waals surface area contributed by atoms with Crippen LogP contribution in [0.1, 0.15) is 79.1 Å². The maximum atomic E-state index is 12.6. The number of allylic oxidation sites excluding steroid dienone is 14. The molecule has 53 heavy (non-hydrogen) atoms. The second kappa shape index (κ2) is 34.2. The Morgan fingerprint density at radius 3 is 1.87 bits per heavy atom. The van der Waals surface area contributed by atoms with Crippen molar-refractivity contribution in [1.82, 2.24) is 16.0 Å². The molecule has 10 nitrogen and oxygen atoms in total. The summed E-state index contributed by atoms with van der Waals surface area (Å²) >= 11 is 0. The number of nitrogens with one attached hydrogen (secondary N) is 3. The van der Waals surface area contributed by atoms with E-state index in [1.54, 1.807) is 40.7 Å². The second-order valence-electron chi connectivity index (χ2n) is 12.4. The lowest BCUT2D eigenvalue weighted by molar-refractivity contribution is -0.121. The number of carbonyl (C=O) groups is 3. The highest BCUT2D eigenvalue weighted by Crippen LogP contribution is 2.40. The summed E-state index contributed by atoms with van der Waals surface area (Å²) in [4.78, 5) is 40.8. The summed E-state index contributed by atoms with van der Waals surface area (Å²) in [5.74, 6) is 0.206. The molecule has 0 rings (SSSR count). The molecular formula is C41H64N4O6S2. The highest BCUT2D eigenvalue weighted by atomic mass is 33.1. The van der Waals surface area contributed by atoms with Gasteiger partial charge in [0.15, 0.2) is 0 Å². The number of aliphatic hydroxyl groups is 2. The van der Waals surface area contributed by atoms with Crippen molar-refractivity contribution in [2.24, 2.45) is 10.9 Å². The average molecular weight is 773 g/mol. The number of alkyl carbamates (subject to hydrolysis) is 1. The van der Waals surface area contributed by atoms with Gasteiger partial charge in [-0.05, 0) is 78.5 Å². The van der Waals surface area contributed by atoms with Gasteiger partial charge in [0.2, 0.25) is 11.8 Å². The highest BCUT2D eigenvalue weighted by Gasteiger charge is 2.32. The highest BCUT2D eigenvalue weighted by molar-refractivity contribution is 8.77. The van der Waals surface area contributed by atoms with Gasteiger partial charge < -0.3 is 30.9 Å². The van der Waals surface area contributed by atoms with Crippen LogP contribution in [0.25, 0.3) is 0 Å². The minimum atomic E-state index is -1.02. The minimum Gasteiger partial charge on any atom is -0.441 e. The van der Waals surface area contributed by atoms with Crippen molar-refractivity contribution in [3.63, 3.8) is 0 Å². The minimum absolute atomic E-state index is 0.00361. The number of aliphatic imine (C=N–C) groups is 1. The van der Waals surface area contributed by atoms with Crippen LogP contribution in [0.2, 0.25) is 0 Å². The number of hydrogen-bond donors (Lipinski definition) is 5. The first-order valence-corrected chi connectivity index (χ1v) is 20.6. The number of rotatable bonds is 30. The van der Waals surface area contributed by atoms with Crippen LogP contribution < -0.4 is 16.0 Å². The first-order valence-electron chi connectivity index (χ1n) is 18.3. The van der Waals surface area contributed by atoms with Crippen LogP contribution in [0, 0.1) is 5.92 Å². The lowest BCUT2D eigenvalue weighted by atomic mass is 9.94. The molecule has 5 N–H and O–H groups in total. The predicted octanol–water partition coefficient (Wildman–Crippen LogP) is 7.71. The van der Waals surface area contributed by atoms with Gasteiger partial charge in [-0.1, -0.05) is 107 Å². The van der Waals surface area contributed by atoms with Crippen LogP contribution in [0.15, 0.2) is 102 Å². The Labute approximate surface area is 326 Å². The number of ether oxygens (including phenoxy) is 1. The van der Waals surface area contributed by atoms with E-state index in [4.69, 9.17) is 4.74 Å². The summed E-state index contributed by atoms with van der Waals surface area (Å²) in [6, 6.07) is 0. The molecule has 0 aromatic rings. The van der Waals surface area contributed by atoms with Gasteiger partial charge in [0, 0.05) is 54.2 Å². The molecule has 0 fully saturated rings. The molecule has 0 aromatic carbocycles. The Morgan fingerprint density at radius 1 is 0.811 bits per heavy atom. The Kier molecular flexibility index (Phi) is 31.9. The summed E-state index contributed by atoms with van der Waals surface area (Å²) in [6.07, 6.45) is 35.7. The number of carbonyl (C=O) groups excluding carboxylic acids is 3. The zero-order valence-electron chi connectivity index (χ0n) is 32.2. The van der Waals surface area contributed by atoms with Crippen LogP contribution in [-0.2, 0) is 14.3 Å². The first-order chi connectivity index (χ1) is 25.6. The molecule has 12 heteroatoms. The van der Waals surface area contributed by atoms with Crippen molar-refractivity contribution in [3.8, 4) is 0 Å². The van der Waals surface area contributed by atoms with E-state index in [9.17, 15) is 24.6 Å². The SMILES string of the molecule is C=N/C=C\C=C(/C)C(=O)NC[C@H](CNC(=O)OC(CO)CO)C(C)(C)SSCCNC(=O)CC/C=C\C/C=C\C/C=C\C/C=C\C/C=C\C/C=C\CC. The van der Waals surface area contributed by atoms with Crippen molar-refractivity contribution in [2.45, 2.75) is 89.9 Å². The van der Waals surface area contributed by atoms with Gasteiger partial charge in [-0.3, -0.25) is 14.6 Å². The molecule has 0 saturated heterocycles. The van der Waals surface area contributed by atoms with E-state index in [2.05, 4.69) is 101 Å². The van der Waals surface area contributed by atoms with E-state index in [0.29, 0.717) is 30.7 Å². The Bertz CT molecular complexity index is 1270. The van der Waals surface area contributed by atoms with Gasteiger partial charge in [-0.15, -0.1) is 0 Å². The van der Waals surface area contributed by atoms with Gasteiger partial charge in [0.1, 0.15) is 6.10 Å². The van der Waals surface area contributed by atoms with E-state index in [-0.39, 0.29) is 30.8 Å². The van der Waals surface area contributed by atoms with Crippen molar-refractivity contribution in [3.05, 3.63) is 96.8 Å². The zero-order valence-corrected chi connectivity index (χ0v) is 33.8. The number of nitrogens with zero attached hydrogens (tertiary/aromatic N) is 1. The number of aliphatic hydroxyl groups excluding tert-OH is 2. The summed E-state index contributed by atoms with van der Waals surface area (Å²) in [5, 5.41) is 27.0. The fourth-order valence-electron chi connectivity index (χ4n) is 4.21. The van der Waals surface area contributed by atoms with E-state index < -0.39 is 30.2 Å². The van der Waals surface area contributed by atoms with Crippen molar-refractivity contribution < 1.29 is 29.3 Å². The van der Waals surface area contributed by atoms with Gasteiger partial charge in [-0.25, -0.2) is 4.79 Å². The monoisotopic (exact) mass is 772 g/mol.